The maximum atomic E-state index is 12.6. The second-order valence-corrected chi connectivity index (χ2v) is 9.13. The highest BCUT2D eigenvalue weighted by molar-refractivity contribution is 6.33. The molecular weight excluding hydrogens is 408 g/mol. The molecule has 3 aliphatic rings. The minimum absolute atomic E-state index is 0.0184. The van der Waals surface area contributed by atoms with Gasteiger partial charge in [0.15, 0.2) is 0 Å². The van der Waals surface area contributed by atoms with Crippen molar-refractivity contribution in [2.75, 3.05) is 44.2 Å². The van der Waals surface area contributed by atoms with Crippen molar-refractivity contribution in [3.63, 3.8) is 0 Å². The quantitative estimate of drug-likeness (QED) is 0.402. The van der Waals surface area contributed by atoms with Crippen LogP contribution in [0.15, 0.2) is 18.2 Å². The van der Waals surface area contributed by atoms with Crippen molar-refractivity contribution in [3.05, 3.63) is 33.3 Å². The molecule has 9 heteroatoms. The van der Waals surface area contributed by atoms with Gasteiger partial charge < -0.3 is 4.90 Å². The number of amides is 2. The minimum atomic E-state index is -0.418. The van der Waals surface area contributed by atoms with Crippen molar-refractivity contribution >= 4 is 34.8 Å². The molecule has 2 heterocycles. The summed E-state index contributed by atoms with van der Waals surface area (Å²) < 4.78 is 0. The summed E-state index contributed by atoms with van der Waals surface area (Å²) in [4.78, 5) is 41.6. The van der Waals surface area contributed by atoms with Crippen LogP contribution in [0.1, 0.15) is 38.5 Å². The number of carbonyl (C=O) groups is 2. The van der Waals surface area contributed by atoms with Gasteiger partial charge in [-0.1, -0.05) is 24.4 Å². The van der Waals surface area contributed by atoms with E-state index in [1.807, 2.05) is 4.90 Å². The molecule has 30 heavy (non-hydrogen) atoms. The average Bonchev–Trinajstić information content (AvgIpc) is 3.15. The Hall–Kier alpha value is -2.19. The summed E-state index contributed by atoms with van der Waals surface area (Å²) in [6.07, 6.45) is 5.27. The Morgan fingerprint density at radius 1 is 1.00 bits per heavy atom. The van der Waals surface area contributed by atoms with E-state index in [1.54, 1.807) is 6.07 Å². The maximum absolute atomic E-state index is 12.6. The Morgan fingerprint density at radius 2 is 1.63 bits per heavy atom. The summed E-state index contributed by atoms with van der Waals surface area (Å²) in [7, 11) is 0. The normalized spacial score (nSPS) is 22.2. The predicted molar refractivity (Wildman–Crippen MR) is 114 cm³/mol. The number of rotatable bonds is 5. The van der Waals surface area contributed by atoms with Crippen molar-refractivity contribution < 1.29 is 14.5 Å². The lowest BCUT2D eigenvalue weighted by Gasteiger charge is -2.39. The fourth-order valence-electron chi connectivity index (χ4n) is 5.07. The van der Waals surface area contributed by atoms with Crippen LogP contribution in [0.2, 0.25) is 5.02 Å². The molecular formula is C21H27ClN4O4. The number of non-ortho nitro benzene ring substituents is 1. The molecule has 0 unspecified atom stereocenters. The van der Waals surface area contributed by atoms with E-state index >= 15 is 0 Å². The first-order valence-corrected chi connectivity index (χ1v) is 11.0. The first kappa shape index (κ1) is 21.1. The van der Waals surface area contributed by atoms with Crippen molar-refractivity contribution in [2.45, 2.75) is 38.5 Å². The van der Waals surface area contributed by atoms with Crippen LogP contribution in [0.3, 0.4) is 0 Å². The van der Waals surface area contributed by atoms with Crippen LogP contribution in [0, 0.1) is 15.5 Å². The third kappa shape index (κ3) is 4.30. The van der Waals surface area contributed by atoms with Crippen LogP contribution < -0.4 is 4.90 Å². The van der Waals surface area contributed by atoms with Crippen molar-refractivity contribution in [3.8, 4) is 0 Å². The lowest BCUT2D eigenvalue weighted by Crippen LogP contribution is -2.52. The molecule has 0 N–H and O–H groups in total. The topological polar surface area (TPSA) is 87.0 Å². The Kier molecular flexibility index (Phi) is 5.97. The molecule has 0 bridgehead atoms. The molecule has 1 saturated carbocycles. The number of piperazine rings is 1. The minimum Gasteiger partial charge on any atom is -0.368 e. The van der Waals surface area contributed by atoms with E-state index in [4.69, 9.17) is 11.6 Å². The molecule has 3 fully saturated rings. The van der Waals surface area contributed by atoms with Gasteiger partial charge in [0.1, 0.15) is 0 Å². The van der Waals surface area contributed by atoms with Crippen LogP contribution in [0.5, 0.6) is 0 Å². The lowest BCUT2D eigenvalue weighted by atomic mass is 9.76. The highest BCUT2D eigenvalue weighted by Crippen LogP contribution is 2.46. The molecule has 1 spiro atoms. The van der Waals surface area contributed by atoms with E-state index in [1.165, 1.54) is 17.0 Å². The van der Waals surface area contributed by atoms with Crippen LogP contribution in [-0.4, -0.2) is 65.8 Å². The first-order chi connectivity index (χ1) is 14.4. The number of likely N-dealkylation sites (tertiary alicyclic amines) is 1. The Balaban J connectivity index is 1.29. The van der Waals surface area contributed by atoms with E-state index in [0.29, 0.717) is 49.7 Å². The van der Waals surface area contributed by atoms with Gasteiger partial charge in [-0.15, -0.1) is 0 Å². The highest BCUT2D eigenvalue weighted by atomic mass is 35.5. The summed E-state index contributed by atoms with van der Waals surface area (Å²) in [6.45, 7) is 3.96. The molecule has 1 aromatic rings. The highest BCUT2D eigenvalue weighted by Gasteiger charge is 2.44. The van der Waals surface area contributed by atoms with Gasteiger partial charge >= 0.3 is 0 Å². The maximum Gasteiger partial charge on any atom is 0.271 e. The first-order valence-electron chi connectivity index (χ1n) is 10.6. The Bertz CT molecular complexity index is 827. The lowest BCUT2D eigenvalue weighted by molar-refractivity contribution is -0.384. The second kappa shape index (κ2) is 8.51. The van der Waals surface area contributed by atoms with E-state index in [-0.39, 0.29) is 22.9 Å². The second-order valence-electron chi connectivity index (χ2n) is 8.72. The zero-order valence-corrected chi connectivity index (χ0v) is 17.8. The third-order valence-corrected chi connectivity index (χ3v) is 7.13. The summed E-state index contributed by atoms with van der Waals surface area (Å²) in [6, 6.07) is 4.48. The van der Waals surface area contributed by atoms with Gasteiger partial charge in [0.25, 0.3) is 5.69 Å². The van der Waals surface area contributed by atoms with Crippen LogP contribution in [0.4, 0.5) is 11.4 Å². The molecule has 4 rings (SSSR count). The number of anilines is 1. The Labute approximate surface area is 180 Å². The fourth-order valence-corrected chi connectivity index (χ4v) is 5.31. The summed E-state index contributed by atoms with van der Waals surface area (Å²) in [5.74, 6) is -0.0367. The van der Waals surface area contributed by atoms with Crippen LogP contribution in [-0.2, 0) is 9.59 Å². The molecule has 2 aliphatic heterocycles. The van der Waals surface area contributed by atoms with E-state index in [0.717, 1.165) is 38.8 Å². The van der Waals surface area contributed by atoms with Gasteiger partial charge in [-0.05, 0) is 24.3 Å². The largest absolute Gasteiger partial charge is 0.368 e. The van der Waals surface area contributed by atoms with Gasteiger partial charge in [-0.2, -0.15) is 0 Å². The Morgan fingerprint density at radius 3 is 2.23 bits per heavy atom. The summed E-state index contributed by atoms with van der Waals surface area (Å²) in [5.41, 5.74) is 0.640. The monoisotopic (exact) mass is 434 g/mol. The number of halogens is 1. The van der Waals surface area contributed by atoms with Crippen molar-refractivity contribution in [1.29, 1.82) is 0 Å². The van der Waals surface area contributed by atoms with E-state index < -0.39 is 4.92 Å². The van der Waals surface area contributed by atoms with E-state index in [9.17, 15) is 19.7 Å². The van der Waals surface area contributed by atoms with Gasteiger partial charge in [0.2, 0.25) is 11.8 Å². The van der Waals surface area contributed by atoms with Crippen molar-refractivity contribution in [2.24, 2.45) is 5.41 Å². The molecule has 2 saturated heterocycles. The van der Waals surface area contributed by atoms with Crippen molar-refractivity contribution in [1.82, 2.24) is 9.80 Å². The van der Waals surface area contributed by atoms with Gasteiger partial charge in [-0.3, -0.25) is 29.5 Å². The SMILES string of the molecule is O=C1CC2(CCCC2)CC(=O)N1CCN1CCN(c2cc([N+](=O)[O-])ccc2Cl)CC1. The molecule has 1 aromatic carbocycles. The smallest absolute Gasteiger partial charge is 0.271 e. The third-order valence-electron chi connectivity index (χ3n) is 6.81. The molecule has 2 amide bonds. The molecule has 8 nitrogen and oxygen atoms in total. The zero-order chi connectivity index (χ0) is 21.3. The molecule has 0 atom stereocenters. The van der Waals surface area contributed by atoms with Gasteiger partial charge in [0, 0.05) is 64.2 Å². The number of imide groups is 1. The number of nitro benzene ring substituents is 1. The number of nitrogens with zero attached hydrogens (tertiary/aromatic N) is 4. The van der Waals surface area contributed by atoms with E-state index in [2.05, 4.69) is 4.90 Å². The molecule has 0 radical (unpaired) electrons. The molecule has 1 aliphatic carbocycles. The number of nitro groups is 1. The molecule has 162 valence electrons. The van der Waals surface area contributed by atoms with Gasteiger partial charge in [0.05, 0.1) is 15.6 Å². The fraction of sp³-hybridized carbons (Fsp3) is 0.619. The number of piperidine rings is 1. The van der Waals surface area contributed by atoms with Crippen LogP contribution in [0.25, 0.3) is 0 Å². The zero-order valence-electron chi connectivity index (χ0n) is 17.0. The summed E-state index contributed by atoms with van der Waals surface area (Å²) >= 11 is 6.26. The average molecular weight is 435 g/mol. The summed E-state index contributed by atoms with van der Waals surface area (Å²) in [5, 5.41) is 11.5. The molecule has 0 aromatic heterocycles. The predicted octanol–water partition coefficient (Wildman–Crippen LogP) is 3.08. The van der Waals surface area contributed by atoms with Gasteiger partial charge in [-0.25, -0.2) is 0 Å². The standard InChI is InChI=1S/C21H27ClN4O4/c22-17-4-3-16(26(29)30)13-18(17)24-10-7-23(8-11-24)9-12-25-19(27)14-21(15-20(25)28)5-1-2-6-21/h3-4,13H,1-2,5-12,14-15H2. The number of benzene rings is 1. The number of carbonyl (C=O) groups excluding carboxylic acids is 2. The number of hydrogen-bond donors (Lipinski definition) is 0. The number of hydrogen-bond acceptors (Lipinski definition) is 6. The van der Waals surface area contributed by atoms with Crippen LogP contribution >= 0.6 is 11.6 Å².